The largest absolute Gasteiger partial charge is 0.463 e. The fourth-order valence-electron chi connectivity index (χ4n) is 3.27. The number of carbonyl (C=O) groups excluding carboxylic acids is 4. The maximum atomic E-state index is 12.4. The number of hydrogen-bond acceptors (Lipinski definition) is 11. The van der Waals surface area contributed by atoms with E-state index >= 15 is 0 Å². The van der Waals surface area contributed by atoms with Crippen LogP contribution < -0.4 is 4.74 Å². The molecule has 0 saturated carbocycles. The molecule has 0 N–H and O–H groups in total. The summed E-state index contributed by atoms with van der Waals surface area (Å²) in [5, 5.41) is 10.8. The lowest BCUT2D eigenvalue weighted by Gasteiger charge is -2.13. The van der Waals surface area contributed by atoms with Crippen molar-refractivity contribution in [1.82, 2.24) is 0 Å². The van der Waals surface area contributed by atoms with Gasteiger partial charge in [0.2, 0.25) is 0 Å². The highest BCUT2D eigenvalue weighted by Crippen LogP contribution is 2.26. The predicted octanol–water partition coefficient (Wildman–Crippen LogP) is 3.66. The minimum atomic E-state index is -0.858. The first-order chi connectivity index (χ1) is 18.2. The molecule has 38 heavy (non-hydrogen) atoms. The Bertz CT molecular complexity index is 1130. The van der Waals surface area contributed by atoms with Gasteiger partial charge >= 0.3 is 23.9 Å². The molecular weight excluding hydrogens is 502 g/mol. The van der Waals surface area contributed by atoms with Gasteiger partial charge in [0.1, 0.15) is 5.75 Å². The minimum Gasteiger partial charge on any atom is -0.463 e. The Hall–Kier alpha value is -4.22. The van der Waals surface area contributed by atoms with Crippen molar-refractivity contribution in [3.8, 4) is 5.75 Å². The third kappa shape index (κ3) is 10.8. The van der Waals surface area contributed by atoms with Gasteiger partial charge < -0.3 is 23.8 Å². The molecule has 0 heterocycles. The van der Waals surface area contributed by atoms with Gasteiger partial charge in [-0.2, -0.15) is 0 Å². The molecule has 0 spiro atoms. The van der Waals surface area contributed by atoms with E-state index in [1.54, 1.807) is 43.3 Å². The number of ether oxygens (including phenoxy) is 4. The van der Waals surface area contributed by atoms with E-state index < -0.39 is 48.1 Å². The van der Waals surface area contributed by atoms with Crippen LogP contribution in [0.3, 0.4) is 0 Å². The van der Waals surface area contributed by atoms with Crippen LogP contribution in [0, 0.1) is 10.1 Å². The zero-order valence-electron chi connectivity index (χ0n) is 21.3. The molecule has 0 radical (unpaired) electrons. The highest BCUT2D eigenvalue weighted by molar-refractivity contribution is 5.88. The number of rotatable bonds is 16. The van der Waals surface area contributed by atoms with Crippen molar-refractivity contribution in [2.75, 3.05) is 26.4 Å². The fourth-order valence-corrected chi connectivity index (χ4v) is 3.27. The zero-order valence-corrected chi connectivity index (χ0v) is 21.3. The molecule has 2 aromatic rings. The van der Waals surface area contributed by atoms with Crippen molar-refractivity contribution in [2.45, 2.75) is 51.9 Å². The Labute approximate surface area is 219 Å². The Kier molecular flexibility index (Phi) is 12.5. The van der Waals surface area contributed by atoms with Crippen LogP contribution in [-0.4, -0.2) is 55.4 Å². The Morgan fingerprint density at radius 3 is 2.26 bits per heavy atom. The van der Waals surface area contributed by atoms with E-state index in [1.807, 2.05) is 6.92 Å². The number of fused-ring (bicyclic) bond motifs is 1. The summed E-state index contributed by atoms with van der Waals surface area (Å²) in [6.07, 6.45) is 2.41. The van der Waals surface area contributed by atoms with E-state index in [1.165, 1.54) is 0 Å². The van der Waals surface area contributed by atoms with E-state index in [4.69, 9.17) is 18.9 Å². The van der Waals surface area contributed by atoms with Gasteiger partial charge in [0.05, 0.1) is 19.1 Å². The summed E-state index contributed by atoms with van der Waals surface area (Å²) in [6.45, 7) is 2.52. The second-order valence-electron chi connectivity index (χ2n) is 8.32. The zero-order chi connectivity index (χ0) is 27.9. The third-order valence-corrected chi connectivity index (χ3v) is 5.29. The van der Waals surface area contributed by atoms with Crippen molar-refractivity contribution in [2.24, 2.45) is 0 Å². The summed E-state index contributed by atoms with van der Waals surface area (Å²) in [6, 6.07) is 10.4. The van der Waals surface area contributed by atoms with Crippen LogP contribution in [0.1, 0.15) is 57.4 Å². The normalized spacial score (nSPS) is 11.3. The molecule has 0 aliphatic rings. The lowest BCUT2D eigenvalue weighted by Crippen LogP contribution is -2.23. The van der Waals surface area contributed by atoms with Crippen LogP contribution in [-0.2, 0) is 38.2 Å². The topological polar surface area (TPSA) is 158 Å². The molecule has 0 aliphatic heterocycles. The van der Waals surface area contributed by atoms with E-state index in [0.29, 0.717) is 37.0 Å². The SMILES string of the molecule is CCCOC(=O)COC(=O)COC(=O)C(C)c1ccc2cc(OC(=O)CCCCCO[N+](=O)[O-])ccc2c1. The predicted molar refractivity (Wildman–Crippen MR) is 133 cm³/mol. The average molecular weight is 534 g/mol. The number of unbranched alkanes of at least 4 members (excludes halogenated alkanes) is 2. The molecular formula is C26H31NO11. The summed E-state index contributed by atoms with van der Waals surface area (Å²) in [7, 11) is 0. The van der Waals surface area contributed by atoms with Gasteiger partial charge in [0.15, 0.2) is 13.2 Å². The van der Waals surface area contributed by atoms with Crippen molar-refractivity contribution in [3.05, 3.63) is 52.1 Å². The van der Waals surface area contributed by atoms with Crippen molar-refractivity contribution in [3.63, 3.8) is 0 Å². The number of nitrogens with zero attached hydrogens (tertiary/aromatic N) is 1. The standard InChI is InChI=1S/C26H31NO11/c1-3-12-34-24(29)16-35-25(30)17-36-26(31)18(2)19-8-9-21-15-22(11-10-20(21)14-19)38-23(28)7-5-4-6-13-37-27(32)33/h8-11,14-15,18H,3-7,12-13,16-17H2,1-2H3. The smallest absolute Gasteiger partial charge is 0.344 e. The number of hydrogen-bond donors (Lipinski definition) is 0. The van der Waals surface area contributed by atoms with E-state index in [2.05, 4.69) is 4.84 Å². The van der Waals surface area contributed by atoms with Crippen LogP contribution in [0.25, 0.3) is 10.8 Å². The van der Waals surface area contributed by atoms with Crippen molar-refractivity contribution >= 4 is 34.6 Å². The Morgan fingerprint density at radius 1 is 0.842 bits per heavy atom. The summed E-state index contributed by atoms with van der Waals surface area (Å²) in [5.74, 6) is -2.88. The molecule has 1 unspecified atom stereocenters. The van der Waals surface area contributed by atoms with E-state index in [0.717, 1.165) is 10.8 Å². The number of benzene rings is 2. The third-order valence-electron chi connectivity index (χ3n) is 5.29. The second-order valence-corrected chi connectivity index (χ2v) is 8.32. The van der Waals surface area contributed by atoms with Crippen molar-refractivity contribution in [1.29, 1.82) is 0 Å². The molecule has 0 saturated heterocycles. The molecule has 206 valence electrons. The number of esters is 4. The van der Waals surface area contributed by atoms with E-state index in [-0.39, 0.29) is 19.6 Å². The summed E-state index contributed by atoms with van der Waals surface area (Å²) < 4.78 is 19.9. The van der Waals surface area contributed by atoms with Crippen LogP contribution in [0.4, 0.5) is 0 Å². The molecule has 0 bridgehead atoms. The molecule has 0 aromatic heterocycles. The van der Waals surface area contributed by atoms with Gasteiger partial charge in [0, 0.05) is 6.42 Å². The molecule has 12 heteroatoms. The molecule has 0 amide bonds. The van der Waals surface area contributed by atoms with Gasteiger partial charge in [-0.15, -0.1) is 10.1 Å². The summed E-state index contributed by atoms with van der Waals surface area (Å²) in [5.41, 5.74) is 0.657. The summed E-state index contributed by atoms with van der Waals surface area (Å²) in [4.78, 5) is 61.8. The van der Waals surface area contributed by atoms with Crippen LogP contribution in [0.5, 0.6) is 5.75 Å². The van der Waals surface area contributed by atoms with Gasteiger partial charge in [-0.05, 0) is 54.7 Å². The Balaban J connectivity index is 1.82. The fraction of sp³-hybridized carbons (Fsp3) is 0.462. The van der Waals surface area contributed by atoms with E-state index in [9.17, 15) is 29.3 Å². The molecule has 2 rings (SSSR count). The van der Waals surface area contributed by atoms with Gasteiger partial charge in [-0.25, -0.2) is 9.59 Å². The minimum absolute atomic E-state index is 0.00518. The lowest BCUT2D eigenvalue weighted by atomic mass is 9.98. The van der Waals surface area contributed by atoms with Gasteiger partial charge in [-0.1, -0.05) is 37.6 Å². The van der Waals surface area contributed by atoms with Crippen LogP contribution >= 0.6 is 0 Å². The quantitative estimate of drug-likeness (QED) is 0.0774. The lowest BCUT2D eigenvalue weighted by molar-refractivity contribution is -0.757. The first kappa shape index (κ1) is 30.0. The molecule has 0 aliphatic carbocycles. The van der Waals surface area contributed by atoms with Crippen molar-refractivity contribution < 1.29 is 48.0 Å². The molecule has 1 atom stereocenters. The highest BCUT2D eigenvalue weighted by atomic mass is 16.9. The first-order valence-corrected chi connectivity index (χ1v) is 12.2. The maximum Gasteiger partial charge on any atom is 0.344 e. The van der Waals surface area contributed by atoms with Crippen LogP contribution in [0.2, 0.25) is 0 Å². The molecule has 12 nitrogen and oxygen atoms in total. The maximum absolute atomic E-state index is 12.4. The van der Waals surface area contributed by atoms with Gasteiger partial charge in [-0.3, -0.25) is 9.59 Å². The second kappa shape index (κ2) is 15.8. The number of carbonyl (C=O) groups is 4. The monoisotopic (exact) mass is 533 g/mol. The summed E-state index contributed by atoms with van der Waals surface area (Å²) >= 11 is 0. The first-order valence-electron chi connectivity index (χ1n) is 12.2. The van der Waals surface area contributed by atoms with Gasteiger partial charge in [0.25, 0.3) is 5.09 Å². The molecule has 2 aromatic carbocycles. The Morgan fingerprint density at radius 2 is 1.53 bits per heavy atom. The average Bonchev–Trinajstić information content (AvgIpc) is 2.90. The molecule has 0 fully saturated rings. The van der Waals surface area contributed by atoms with Crippen LogP contribution in [0.15, 0.2) is 36.4 Å². The highest BCUT2D eigenvalue weighted by Gasteiger charge is 2.19.